The molecule has 0 bridgehead atoms. The van der Waals surface area contributed by atoms with E-state index < -0.39 is 0 Å². The van der Waals surface area contributed by atoms with Gasteiger partial charge in [-0.15, -0.1) is 5.10 Å². The molecule has 1 aliphatic heterocycles. The number of amides is 1. The first-order valence-electron chi connectivity index (χ1n) is 9.58. The lowest BCUT2D eigenvalue weighted by Crippen LogP contribution is -2.38. The smallest absolute Gasteiger partial charge is 0.267 e. The van der Waals surface area contributed by atoms with Gasteiger partial charge < -0.3 is 9.42 Å². The maximum atomic E-state index is 12.8. The summed E-state index contributed by atoms with van der Waals surface area (Å²) in [5, 5.41) is 8.11. The number of carbonyl (C=O) groups excluding carboxylic acids is 1. The van der Waals surface area contributed by atoms with Crippen molar-refractivity contribution in [2.75, 3.05) is 13.1 Å². The lowest BCUT2D eigenvalue weighted by molar-refractivity contribution is 0.0715. The van der Waals surface area contributed by atoms with Gasteiger partial charge in [-0.3, -0.25) is 9.78 Å². The summed E-state index contributed by atoms with van der Waals surface area (Å²) in [4.78, 5) is 20.0. The lowest BCUT2D eigenvalue weighted by Gasteiger charge is -2.31. The Morgan fingerprint density at radius 3 is 2.79 bits per heavy atom. The Morgan fingerprint density at radius 1 is 1.32 bits per heavy atom. The van der Waals surface area contributed by atoms with E-state index in [0.717, 1.165) is 66.3 Å². The summed E-state index contributed by atoms with van der Waals surface area (Å²) in [5.74, 6) is 1.22. The number of rotatable bonds is 4. The molecular weight excluding hydrogens is 374 g/mol. The van der Waals surface area contributed by atoms with Gasteiger partial charge in [-0.25, -0.2) is 0 Å². The van der Waals surface area contributed by atoms with Crippen LogP contribution in [0.4, 0.5) is 0 Å². The largest absolute Gasteiger partial charge is 0.361 e. The fourth-order valence-corrected chi connectivity index (χ4v) is 4.57. The minimum absolute atomic E-state index is 0.0581. The fourth-order valence-electron chi connectivity index (χ4n) is 3.85. The van der Waals surface area contributed by atoms with Gasteiger partial charge in [0, 0.05) is 36.5 Å². The zero-order valence-corrected chi connectivity index (χ0v) is 17.1. The molecule has 0 atom stereocenters. The number of carbonyl (C=O) groups is 1. The van der Waals surface area contributed by atoms with E-state index in [1.165, 1.54) is 11.5 Å². The van der Waals surface area contributed by atoms with Gasteiger partial charge in [0.15, 0.2) is 0 Å². The number of hydrogen-bond donors (Lipinski definition) is 0. The van der Waals surface area contributed by atoms with E-state index in [0.29, 0.717) is 10.8 Å². The molecule has 0 saturated carbocycles. The second kappa shape index (κ2) is 7.79. The topological polar surface area (TPSA) is 85.0 Å². The Bertz CT molecular complexity index is 969. The van der Waals surface area contributed by atoms with Crippen LogP contribution in [0.25, 0.3) is 11.1 Å². The molecule has 0 aromatic carbocycles. The Hall–Kier alpha value is -2.61. The average Bonchev–Trinajstić information content (AvgIpc) is 3.33. The van der Waals surface area contributed by atoms with Crippen LogP contribution >= 0.6 is 11.5 Å². The molecule has 1 aliphatic rings. The van der Waals surface area contributed by atoms with Crippen LogP contribution in [0.3, 0.4) is 0 Å². The number of pyridine rings is 1. The zero-order valence-electron chi connectivity index (χ0n) is 16.3. The summed E-state index contributed by atoms with van der Waals surface area (Å²) in [5.41, 5.74) is 4.88. The molecule has 4 rings (SSSR count). The molecule has 3 aromatic heterocycles. The molecule has 4 heterocycles. The first-order valence-corrected chi connectivity index (χ1v) is 10.4. The number of piperidine rings is 1. The molecule has 1 fully saturated rings. The maximum absolute atomic E-state index is 12.8. The minimum atomic E-state index is 0.0581. The quantitative estimate of drug-likeness (QED) is 0.666. The minimum Gasteiger partial charge on any atom is -0.361 e. The maximum Gasteiger partial charge on any atom is 0.267 e. The number of likely N-dealkylation sites (tertiary alicyclic amines) is 1. The molecule has 8 heteroatoms. The van der Waals surface area contributed by atoms with Crippen LogP contribution in [-0.2, 0) is 6.42 Å². The number of hydrogen-bond acceptors (Lipinski definition) is 7. The van der Waals surface area contributed by atoms with Crippen molar-refractivity contribution < 1.29 is 9.32 Å². The van der Waals surface area contributed by atoms with Gasteiger partial charge in [0.05, 0.1) is 11.4 Å². The van der Waals surface area contributed by atoms with Gasteiger partial charge in [0.2, 0.25) is 0 Å². The highest BCUT2D eigenvalue weighted by Crippen LogP contribution is 2.32. The Kier molecular flexibility index (Phi) is 5.21. The molecule has 28 heavy (non-hydrogen) atoms. The van der Waals surface area contributed by atoms with Crippen LogP contribution in [0.5, 0.6) is 0 Å². The second-order valence-corrected chi connectivity index (χ2v) is 7.89. The third kappa shape index (κ3) is 3.44. The van der Waals surface area contributed by atoms with Crippen molar-refractivity contribution in [1.82, 2.24) is 24.6 Å². The van der Waals surface area contributed by atoms with E-state index in [4.69, 9.17) is 4.52 Å². The molecule has 7 nitrogen and oxygen atoms in total. The van der Waals surface area contributed by atoms with Crippen molar-refractivity contribution in [3.8, 4) is 11.1 Å². The highest BCUT2D eigenvalue weighted by Gasteiger charge is 2.28. The van der Waals surface area contributed by atoms with Gasteiger partial charge in [-0.05, 0) is 62.3 Å². The molecule has 0 unspecified atom stereocenters. The van der Waals surface area contributed by atoms with Crippen molar-refractivity contribution in [3.63, 3.8) is 0 Å². The predicted octanol–water partition coefficient (Wildman–Crippen LogP) is 3.79. The van der Waals surface area contributed by atoms with Crippen LogP contribution in [0.1, 0.15) is 58.2 Å². The normalized spacial score (nSPS) is 15.2. The van der Waals surface area contributed by atoms with Crippen molar-refractivity contribution in [2.45, 2.75) is 46.0 Å². The summed E-state index contributed by atoms with van der Waals surface area (Å²) in [6.07, 6.45) is 4.38. The first-order chi connectivity index (χ1) is 13.6. The summed E-state index contributed by atoms with van der Waals surface area (Å²) < 4.78 is 9.25. The van der Waals surface area contributed by atoms with Crippen molar-refractivity contribution in [3.05, 3.63) is 46.0 Å². The van der Waals surface area contributed by atoms with E-state index in [-0.39, 0.29) is 5.91 Å². The first kappa shape index (κ1) is 18.7. The van der Waals surface area contributed by atoms with E-state index in [2.05, 4.69) is 25.8 Å². The van der Waals surface area contributed by atoms with Crippen molar-refractivity contribution in [2.24, 2.45) is 0 Å². The number of aromatic nitrogens is 4. The number of aryl methyl sites for hydroxylation is 3. The average molecular weight is 398 g/mol. The third-order valence-electron chi connectivity index (χ3n) is 5.39. The van der Waals surface area contributed by atoms with E-state index in [1.807, 2.05) is 37.9 Å². The second-order valence-electron chi connectivity index (χ2n) is 7.14. The standard InChI is InChI=1S/C20H23N5O2S/c1-4-16-19(28-24-22-16)20(26)25-9-6-14(7-10-25)17-11-15(5-8-21-17)18-12(2)23-27-13(18)3/h5,8,11,14H,4,6-7,9-10H2,1-3H3. The highest BCUT2D eigenvalue weighted by molar-refractivity contribution is 7.08. The van der Waals surface area contributed by atoms with Crippen LogP contribution in [-0.4, -0.2) is 43.6 Å². The van der Waals surface area contributed by atoms with Gasteiger partial charge in [0.25, 0.3) is 5.91 Å². The summed E-state index contributed by atoms with van der Waals surface area (Å²) in [6, 6.07) is 4.13. The molecule has 3 aromatic rings. The van der Waals surface area contributed by atoms with Crippen LogP contribution in [0.2, 0.25) is 0 Å². The van der Waals surface area contributed by atoms with Gasteiger partial charge >= 0.3 is 0 Å². The SMILES string of the molecule is CCc1nnsc1C(=O)N1CCC(c2cc(-c3c(C)noc3C)ccn2)CC1. The molecule has 1 saturated heterocycles. The molecule has 1 amide bonds. The fraction of sp³-hybridized carbons (Fsp3) is 0.450. The van der Waals surface area contributed by atoms with Crippen LogP contribution in [0.15, 0.2) is 22.9 Å². The van der Waals surface area contributed by atoms with E-state index in [9.17, 15) is 4.79 Å². The Morgan fingerprint density at radius 2 is 2.11 bits per heavy atom. The lowest BCUT2D eigenvalue weighted by atomic mass is 9.91. The van der Waals surface area contributed by atoms with Gasteiger partial charge in [-0.2, -0.15) is 0 Å². The predicted molar refractivity (Wildman–Crippen MR) is 106 cm³/mol. The summed E-state index contributed by atoms with van der Waals surface area (Å²) >= 11 is 1.20. The monoisotopic (exact) mass is 397 g/mol. The van der Waals surface area contributed by atoms with Crippen molar-refractivity contribution >= 4 is 17.4 Å². The number of nitrogens with zero attached hydrogens (tertiary/aromatic N) is 5. The van der Waals surface area contributed by atoms with Crippen molar-refractivity contribution in [1.29, 1.82) is 0 Å². The van der Waals surface area contributed by atoms with E-state index >= 15 is 0 Å². The van der Waals surface area contributed by atoms with Gasteiger partial charge in [-0.1, -0.05) is 16.6 Å². The molecule has 0 spiro atoms. The van der Waals surface area contributed by atoms with Crippen LogP contribution in [0, 0.1) is 13.8 Å². The Labute approximate surface area is 167 Å². The molecule has 0 N–H and O–H groups in total. The summed E-state index contributed by atoms with van der Waals surface area (Å²) in [6.45, 7) is 7.33. The van der Waals surface area contributed by atoms with Crippen LogP contribution < -0.4 is 0 Å². The third-order valence-corrected chi connectivity index (χ3v) is 6.14. The Balaban J connectivity index is 1.47. The zero-order chi connectivity index (χ0) is 19.7. The molecule has 0 aliphatic carbocycles. The highest BCUT2D eigenvalue weighted by atomic mass is 32.1. The summed E-state index contributed by atoms with van der Waals surface area (Å²) in [7, 11) is 0. The molecule has 0 radical (unpaired) electrons. The van der Waals surface area contributed by atoms with Gasteiger partial charge in [0.1, 0.15) is 10.6 Å². The molecule has 146 valence electrons. The molecular formula is C20H23N5O2S. The van der Waals surface area contributed by atoms with E-state index in [1.54, 1.807) is 0 Å².